The minimum Gasteiger partial charge on any atom is -0.344 e. The highest BCUT2D eigenvalue weighted by molar-refractivity contribution is 7.86. The number of anilines is 1. The predicted octanol–water partition coefficient (Wildman–Crippen LogP) is 6.66. The van der Waals surface area contributed by atoms with E-state index in [1.807, 2.05) is 50.0 Å². The van der Waals surface area contributed by atoms with E-state index in [0.717, 1.165) is 82.3 Å². The Hall–Kier alpha value is -3.14. The van der Waals surface area contributed by atoms with Gasteiger partial charge >= 0.3 is 0 Å². The van der Waals surface area contributed by atoms with Crippen LogP contribution in [0.2, 0.25) is 0 Å². The molecule has 19 nitrogen and oxygen atoms in total. The minimum absolute atomic E-state index is 0.0697. The summed E-state index contributed by atoms with van der Waals surface area (Å²) in [6.07, 6.45) is 20.6. The lowest BCUT2D eigenvalue weighted by atomic mass is 9.83. The maximum Gasteiger partial charge on any atom is 0.294 e. The monoisotopic (exact) mass is 1050 g/mol. The zero-order valence-corrected chi connectivity index (χ0v) is 43.3. The van der Waals surface area contributed by atoms with Gasteiger partial charge in [0.2, 0.25) is 0 Å². The standard InChI is InChI=1S/C46H73N5O14S4/c1-37-40-34-38(68(59,60)61)23-25-44(40)51(31-17-18-32-66(53,54)55,30-16-9-8-14-27-47-26-13-6-4-5-7-15-28-48-36-65-49-52)43(37)20-11-10-12-21-45-46(2,3)41-35-39(69(62,63)64)22-24-42(41)50(45)29-19-33-67(56,57)58/h10-12,20-25,34-35,37,43,47-49,52H,4-9,13-19,26-33,36H2,1-3H3,(H3-,53,54,55,56,57,58,59,60,61,62,63,64)/p+1/b12-10+,20-11+,45-21+. The van der Waals surface area contributed by atoms with E-state index in [0.29, 0.717) is 40.9 Å². The number of unbranched alkanes of at least 4 members (excludes halogenated alkanes) is 9. The van der Waals surface area contributed by atoms with E-state index in [2.05, 4.69) is 15.5 Å². The summed E-state index contributed by atoms with van der Waals surface area (Å²) in [6.45, 7) is 10.0. The van der Waals surface area contributed by atoms with E-state index in [9.17, 15) is 51.9 Å². The van der Waals surface area contributed by atoms with Crippen molar-refractivity contribution < 1.29 is 61.9 Å². The summed E-state index contributed by atoms with van der Waals surface area (Å²) in [5, 5.41) is 15.0. The van der Waals surface area contributed by atoms with Gasteiger partial charge in [-0.25, -0.2) is 0 Å². The Kier molecular flexibility index (Phi) is 22.5. The number of quaternary nitrogens is 1. The fourth-order valence-corrected chi connectivity index (χ4v) is 11.8. The molecule has 23 heteroatoms. The van der Waals surface area contributed by atoms with Gasteiger partial charge in [0.05, 0.1) is 34.4 Å². The molecule has 0 aliphatic carbocycles. The highest BCUT2D eigenvalue weighted by Crippen LogP contribution is 2.50. The number of rotatable bonds is 33. The third-order valence-corrected chi connectivity index (χ3v) is 16.5. The van der Waals surface area contributed by atoms with Crippen LogP contribution in [-0.4, -0.2) is 121 Å². The first-order valence-electron chi connectivity index (χ1n) is 23.7. The Morgan fingerprint density at radius 1 is 0.667 bits per heavy atom. The normalized spacial score (nSPS) is 20.2. The van der Waals surface area contributed by atoms with Gasteiger partial charge in [0.25, 0.3) is 40.5 Å². The van der Waals surface area contributed by atoms with Crippen molar-refractivity contribution in [3.05, 3.63) is 83.6 Å². The van der Waals surface area contributed by atoms with Crippen LogP contribution >= 0.6 is 0 Å². The second-order valence-corrected chi connectivity index (χ2v) is 24.5. The van der Waals surface area contributed by atoms with Crippen LogP contribution in [0.25, 0.3) is 0 Å². The number of allylic oxidation sites excluding steroid dienone is 5. The highest BCUT2D eigenvalue weighted by atomic mass is 32.2. The average molecular weight is 1050 g/mol. The van der Waals surface area contributed by atoms with Gasteiger partial charge in [-0.05, 0) is 119 Å². The van der Waals surface area contributed by atoms with Crippen LogP contribution in [0, 0.1) is 0 Å². The molecule has 0 fully saturated rings. The largest absolute Gasteiger partial charge is 0.344 e. The number of benzene rings is 2. The number of hydrogen-bond donors (Lipinski definition) is 8. The first kappa shape index (κ1) is 58.4. The Morgan fingerprint density at radius 2 is 1.20 bits per heavy atom. The van der Waals surface area contributed by atoms with Gasteiger partial charge in [0.1, 0.15) is 18.5 Å². The summed E-state index contributed by atoms with van der Waals surface area (Å²) in [6, 6.07) is 8.63. The van der Waals surface area contributed by atoms with Crippen LogP contribution in [-0.2, 0) is 50.7 Å². The lowest BCUT2D eigenvalue weighted by molar-refractivity contribution is -0.132. The van der Waals surface area contributed by atoms with E-state index in [1.54, 1.807) is 23.9 Å². The molecule has 4 rings (SSSR count). The van der Waals surface area contributed by atoms with Gasteiger partial charge in [0, 0.05) is 40.9 Å². The van der Waals surface area contributed by atoms with E-state index in [4.69, 9.17) is 5.21 Å². The summed E-state index contributed by atoms with van der Waals surface area (Å²) in [4.78, 5) is 5.96. The average Bonchev–Trinajstić information content (AvgIpc) is 3.61. The molecule has 2 aliphatic rings. The molecule has 3 atom stereocenters. The maximum absolute atomic E-state index is 12.3. The lowest BCUT2D eigenvalue weighted by Crippen LogP contribution is -2.55. The minimum atomic E-state index is -4.52. The van der Waals surface area contributed by atoms with Gasteiger partial charge in [0.15, 0.2) is 0 Å². The third kappa shape index (κ3) is 17.8. The van der Waals surface area contributed by atoms with Gasteiger partial charge in [-0.3, -0.25) is 38.1 Å². The summed E-state index contributed by atoms with van der Waals surface area (Å²) >= 11 is 0. The van der Waals surface area contributed by atoms with Crippen molar-refractivity contribution in [3.8, 4) is 0 Å². The number of hydrogen-bond acceptors (Lipinski definition) is 14. The highest BCUT2D eigenvalue weighted by Gasteiger charge is 2.49. The SMILES string of the molecule is CC1c2cc(S(=O)(=O)O)ccc2[N+](CCCCCCNCCCCCCCCNCONO)(CCCCS(=O)(=O)O)C1/C=C/C=C/C=C1/N(CCCS(=O)(=O)O)c2ccc(S(=O)(=O)O)cc2C1(C)C. The van der Waals surface area contributed by atoms with Crippen molar-refractivity contribution >= 4 is 51.8 Å². The summed E-state index contributed by atoms with van der Waals surface area (Å²) < 4.78 is 135. The van der Waals surface area contributed by atoms with Crippen LogP contribution in [0.3, 0.4) is 0 Å². The lowest BCUT2D eigenvalue weighted by Gasteiger charge is -2.40. The summed E-state index contributed by atoms with van der Waals surface area (Å²) in [5.41, 5.74) is 4.39. The molecular weight excluding hydrogens is 975 g/mol. The van der Waals surface area contributed by atoms with Gasteiger partial charge in [-0.15, -0.1) is 0 Å². The first-order chi connectivity index (χ1) is 32.4. The Balaban J connectivity index is 1.52. The first-order valence-corrected chi connectivity index (χ1v) is 29.8. The molecule has 0 aromatic heterocycles. The van der Waals surface area contributed by atoms with Gasteiger partial charge < -0.3 is 10.2 Å². The van der Waals surface area contributed by atoms with Crippen molar-refractivity contribution in [2.45, 2.75) is 131 Å². The van der Waals surface area contributed by atoms with Gasteiger partial charge in [-0.1, -0.05) is 76.7 Å². The molecule has 2 aromatic carbocycles. The molecule has 390 valence electrons. The molecule has 2 heterocycles. The van der Waals surface area contributed by atoms with Crippen LogP contribution in [0.4, 0.5) is 11.4 Å². The van der Waals surface area contributed by atoms with Crippen LogP contribution in [0.5, 0.6) is 0 Å². The van der Waals surface area contributed by atoms with Crippen molar-refractivity contribution in [2.75, 3.05) is 62.4 Å². The molecule has 0 saturated heterocycles. The van der Waals surface area contributed by atoms with E-state index < -0.39 is 57.4 Å². The molecule has 2 aromatic rings. The fraction of sp³-hybridized carbons (Fsp3) is 0.609. The van der Waals surface area contributed by atoms with Gasteiger partial charge in [-0.2, -0.15) is 33.7 Å². The molecule has 3 unspecified atom stereocenters. The molecule has 69 heavy (non-hydrogen) atoms. The summed E-state index contributed by atoms with van der Waals surface area (Å²) in [5.74, 6) is -1.12. The van der Waals surface area contributed by atoms with Crippen molar-refractivity contribution in [2.24, 2.45) is 0 Å². The fourth-order valence-electron chi connectivity index (χ4n) is 9.73. The zero-order chi connectivity index (χ0) is 50.9. The maximum atomic E-state index is 12.3. The quantitative estimate of drug-likeness (QED) is 0.00926. The molecule has 0 saturated carbocycles. The second-order valence-electron chi connectivity index (χ2n) is 18.5. The van der Waals surface area contributed by atoms with Crippen molar-refractivity contribution in [3.63, 3.8) is 0 Å². The van der Waals surface area contributed by atoms with E-state index in [1.165, 1.54) is 37.1 Å². The Morgan fingerprint density at radius 3 is 1.80 bits per heavy atom. The molecule has 0 spiro atoms. The van der Waals surface area contributed by atoms with E-state index in [-0.39, 0.29) is 47.9 Å². The smallest absolute Gasteiger partial charge is 0.294 e. The molecular formula is C46H74N5O14S4+. The van der Waals surface area contributed by atoms with Crippen LogP contribution < -0.4 is 25.7 Å². The second kappa shape index (κ2) is 26.5. The van der Waals surface area contributed by atoms with Crippen LogP contribution in [0.15, 0.2) is 82.3 Å². The molecule has 8 N–H and O–H groups in total. The van der Waals surface area contributed by atoms with E-state index >= 15 is 0 Å². The molecule has 2 aliphatic heterocycles. The summed E-state index contributed by atoms with van der Waals surface area (Å²) in [7, 11) is -17.5. The van der Waals surface area contributed by atoms with Crippen molar-refractivity contribution in [1.29, 1.82) is 0 Å². The van der Waals surface area contributed by atoms with Crippen molar-refractivity contribution in [1.82, 2.24) is 20.8 Å². The molecule has 0 bridgehead atoms. The number of fused-ring (bicyclic) bond motifs is 2. The number of nitrogens with zero attached hydrogens (tertiary/aromatic N) is 2. The van der Waals surface area contributed by atoms with Crippen LogP contribution in [0.1, 0.15) is 121 Å². The molecule has 0 radical (unpaired) electrons. The number of nitrogens with one attached hydrogen (secondary N) is 3. The Labute approximate surface area is 410 Å². The molecule has 0 amide bonds. The predicted molar refractivity (Wildman–Crippen MR) is 268 cm³/mol. The zero-order valence-electron chi connectivity index (χ0n) is 40.0. The topological polar surface area (TPSA) is 286 Å². The Bertz CT molecular complexity index is 2540. The third-order valence-electron chi connectivity index (χ3n) is 13.1.